The molecule has 3 aromatic heterocycles. The number of amides is 3. The molecule has 0 aliphatic heterocycles. The first kappa shape index (κ1) is 23.1. The molecule has 1 aliphatic carbocycles. The minimum absolute atomic E-state index is 0.241. The summed E-state index contributed by atoms with van der Waals surface area (Å²) >= 11 is 6.06. The Balaban J connectivity index is 1.45. The van der Waals surface area contributed by atoms with E-state index in [4.69, 9.17) is 22.1 Å². The third-order valence-electron chi connectivity index (χ3n) is 5.48. The maximum atomic E-state index is 12.5. The topological polar surface area (TPSA) is 167 Å². The molecule has 12 nitrogen and oxygen atoms in total. The Bertz CT molecular complexity index is 1260. The van der Waals surface area contributed by atoms with Crippen molar-refractivity contribution in [2.24, 2.45) is 18.2 Å². The van der Waals surface area contributed by atoms with Crippen molar-refractivity contribution in [2.75, 3.05) is 10.6 Å². The van der Waals surface area contributed by atoms with Gasteiger partial charge in [-0.1, -0.05) is 22.9 Å². The smallest absolute Gasteiger partial charge is 0.413 e. The largest absolute Gasteiger partial charge is 0.441 e. The number of aryl methyl sites for hydroxylation is 1. The first-order valence-corrected chi connectivity index (χ1v) is 10.6. The molecule has 3 heterocycles. The minimum Gasteiger partial charge on any atom is -0.441 e. The van der Waals surface area contributed by atoms with E-state index in [0.29, 0.717) is 35.5 Å². The van der Waals surface area contributed by atoms with E-state index in [1.165, 1.54) is 17.1 Å². The summed E-state index contributed by atoms with van der Waals surface area (Å²) in [5.41, 5.74) is 5.82. The molecular weight excluding hydrogens is 464 g/mol. The standard InChI is InChI=1S/C21H21ClN8O4/c1-11(13-4-3-9-24-16(13)22)34-20(33)27-17-15(28-29-30(17)2)14-6-5-12(10-25-14)26-19(32)21(7-8-21)18(23)31/h3-6,9-11H,7-8H2,1-2H3,(H2,23,31)(H,26,32)(H,27,33)/t11-/m1/s1. The number of ether oxygens (including phenoxy) is 1. The van der Waals surface area contributed by atoms with Gasteiger partial charge in [0.2, 0.25) is 11.8 Å². The SMILES string of the molecule is C[C@@H](OC(=O)Nc1c(-c2ccc(NC(=O)C3(C(N)=O)CC3)cn2)nnn1C)c1cccnc1Cl. The van der Waals surface area contributed by atoms with Gasteiger partial charge in [-0.15, -0.1) is 5.10 Å². The lowest BCUT2D eigenvalue weighted by atomic mass is 10.1. The van der Waals surface area contributed by atoms with Crippen molar-refractivity contribution in [1.82, 2.24) is 25.0 Å². The monoisotopic (exact) mass is 484 g/mol. The Hall–Kier alpha value is -4.06. The van der Waals surface area contributed by atoms with Crippen molar-refractivity contribution >= 4 is 41.0 Å². The molecular formula is C21H21ClN8O4. The van der Waals surface area contributed by atoms with Gasteiger partial charge < -0.3 is 15.8 Å². The highest BCUT2D eigenvalue weighted by atomic mass is 35.5. The fourth-order valence-corrected chi connectivity index (χ4v) is 3.56. The van der Waals surface area contributed by atoms with Gasteiger partial charge in [0.15, 0.2) is 11.5 Å². The lowest BCUT2D eigenvalue weighted by Gasteiger charge is -2.15. The van der Waals surface area contributed by atoms with Gasteiger partial charge in [0, 0.05) is 18.8 Å². The molecule has 0 bridgehead atoms. The van der Waals surface area contributed by atoms with Gasteiger partial charge in [-0.2, -0.15) is 0 Å². The molecule has 0 saturated heterocycles. The number of halogens is 1. The maximum absolute atomic E-state index is 12.5. The predicted octanol–water partition coefficient (Wildman–Crippen LogP) is 2.44. The van der Waals surface area contributed by atoms with Gasteiger partial charge in [-0.25, -0.2) is 14.5 Å². The fourth-order valence-electron chi connectivity index (χ4n) is 3.29. The number of nitrogens with one attached hydrogen (secondary N) is 2. The summed E-state index contributed by atoms with van der Waals surface area (Å²) in [7, 11) is 1.60. The summed E-state index contributed by atoms with van der Waals surface area (Å²) in [5.74, 6) is -0.844. The van der Waals surface area contributed by atoms with E-state index in [1.807, 2.05) is 0 Å². The molecule has 0 radical (unpaired) electrons. The molecule has 0 spiro atoms. The van der Waals surface area contributed by atoms with E-state index in [0.717, 1.165) is 0 Å². The van der Waals surface area contributed by atoms with E-state index in [-0.39, 0.29) is 11.0 Å². The first-order chi connectivity index (χ1) is 16.2. The number of aromatic nitrogens is 5. The molecule has 4 rings (SSSR count). The molecule has 0 aromatic carbocycles. The minimum atomic E-state index is -1.14. The van der Waals surface area contributed by atoms with Crippen LogP contribution in [0.25, 0.3) is 11.4 Å². The average Bonchev–Trinajstić information content (AvgIpc) is 3.55. The Morgan fingerprint density at radius 3 is 2.59 bits per heavy atom. The lowest BCUT2D eigenvalue weighted by molar-refractivity contribution is -0.132. The molecule has 1 atom stereocenters. The number of carbonyl (C=O) groups is 3. The van der Waals surface area contributed by atoms with Crippen LogP contribution in [0.15, 0.2) is 36.7 Å². The number of hydrogen-bond acceptors (Lipinski definition) is 8. The van der Waals surface area contributed by atoms with Gasteiger partial charge >= 0.3 is 6.09 Å². The van der Waals surface area contributed by atoms with Gasteiger partial charge in [-0.05, 0) is 38.0 Å². The van der Waals surface area contributed by atoms with E-state index >= 15 is 0 Å². The molecule has 3 aromatic rings. The van der Waals surface area contributed by atoms with Crippen LogP contribution < -0.4 is 16.4 Å². The number of carbonyl (C=O) groups excluding carboxylic acids is 3. The van der Waals surface area contributed by atoms with Crippen LogP contribution in [0.3, 0.4) is 0 Å². The molecule has 1 fully saturated rings. The summed E-state index contributed by atoms with van der Waals surface area (Å²) in [5, 5.41) is 13.5. The number of nitrogens with zero attached hydrogens (tertiary/aromatic N) is 5. The molecule has 176 valence electrons. The van der Waals surface area contributed by atoms with Crippen LogP contribution in [0.1, 0.15) is 31.4 Å². The molecule has 1 aliphatic rings. The zero-order valence-electron chi connectivity index (χ0n) is 18.3. The first-order valence-electron chi connectivity index (χ1n) is 10.3. The van der Waals surface area contributed by atoms with Crippen LogP contribution >= 0.6 is 11.6 Å². The van der Waals surface area contributed by atoms with Crippen LogP contribution in [-0.2, 0) is 21.4 Å². The molecule has 0 unspecified atom stereocenters. The predicted molar refractivity (Wildman–Crippen MR) is 121 cm³/mol. The molecule has 34 heavy (non-hydrogen) atoms. The Morgan fingerprint density at radius 2 is 1.97 bits per heavy atom. The average molecular weight is 485 g/mol. The van der Waals surface area contributed by atoms with Gasteiger partial charge in [0.1, 0.15) is 16.7 Å². The van der Waals surface area contributed by atoms with Gasteiger partial charge in [-0.3, -0.25) is 19.9 Å². The number of pyridine rings is 2. The van der Waals surface area contributed by atoms with E-state index in [1.54, 1.807) is 38.2 Å². The highest BCUT2D eigenvalue weighted by molar-refractivity contribution is 6.30. The lowest BCUT2D eigenvalue weighted by Crippen LogP contribution is -2.36. The quantitative estimate of drug-likeness (QED) is 0.339. The molecule has 3 amide bonds. The Morgan fingerprint density at radius 1 is 1.21 bits per heavy atom. The number of anilines is 2. The highest BCUT2D eigenvalue weighted by Crippen LogP contribution is 2.46. The molecule has 1 saturated carbocycles. The van der Waals surface area contributed by atoms with Crippen LogP contribution in [0, 0.1) is 5.41 Å². The summed E-state index contributed by atoms with van der Waals surface area (Å²) in [4.78, 5) is 44.6. The number of nitrogens with two attached hydrogens (primary N) is 1. The third kappa shape index (κ3) is 4.53. The number of hydrogen-bond donors (Lipinski definition) is 3. The second-order valence-corrected chi connectivity index (χ2v) is 8.16. The summed E-state index contributed by atoms with van der Waals surface area (Å²) in [6, 6.07) is 6.60. The van der Waals surface area contributed by atoms with Crippen molar-refractivity contribution in [3.05, 3.63) is 47.4 Å². The van der Waals surface area contributed by atoms with Gasteiger partial charge in [0.05, 0.1) is 17.6 Å². The second-order valence-electron chi connectivity index (χ2n) is 7.80. The van der Waals surface area contributed by atoms with Crippen molar-refractivity contribution in [2.45, 2.75) is 25.9 Å². The summed E-state index contributed by atoms with van der Waals surface area (Å²) in [6.45, 7) is 1.67. The summed E-state index contributed by atoms with van der Waals surface area (Å²) < 4.78 is 6.77. The van der Waals surface area contributed by atoms with Crippen LogP contribution in [0.2, 0.25) is 5.15 Å². The second kappa shape index (κ2) is 9.06. The highest BCUT2D eigenvalue weighted by Gasteiger charge is 2.55. The number of rotatable bonds is 7. The maximum Gasteiger partial charge on any atom is 0.413 e. The Kier molecular flexibility index (Phi) is 6.16. The van der Waals surface area contributed by atoms with Crippen LogP contribution in [-0.4, -0.2) is 42.9 Å². The summed E-state index contributed by atoms with van der Waals surface area (Å²) in [6.07, 6.45) is 2.41. The van der Waals surface area contributed by atoms with Crippen LogP contribution in [0.5, 0.6) is 0 Å². The number of primary amides is 1. The zero-order chi connectivity index (χ0) is 24.5. The van der Waals surface area contributed by atoms with Crippen molar-refractivity contribution in [3.63, 3.8) is 0 Å². The normalized spacial score (nSPS) is 14.7. The third-order valence-corrected chi connectivity index (χ3v) is 5.79. The zero-order valence-corrected chi connectivity index (χ0v) is 19.0. The van der Waals surface area contributed by atoms with E-state index in [2.05, 4.69) is 30.9 Å². The van der Waals surface area contributed by atoms with Gasteiger partial charge in [0.25, 0.3) is 0 Å². The van der Waals surface area contributed by atoms with Crippen molar-refractivity contribution in [3.8, 4) is 11.4 Å². The van der Waals surface area contributed by atoms with E-state index in [9.17, 15) is 14.4 Å². The van der Waals surface area contributed by atoms with Crippen molar-refractivity contribution < 1.29 is 19.1 Å². The van der Waals surface area contributed by atoms with E-state index < -0.39 is 29.4 Å². The fraction of sp³-hybridized carbons (Fsp3) is 0.286. The Labute approximate surface area is 198 Å². The molecule has 4 N–H and O–H groups in total. The van der Waals surface area contributed by atoms with Crippen LogP contribution in [0.4, 0.5) is 16.3 Å². The molecule has 13 heteroatoms. The van der Waals surface area contributed by atoms with Crippen molar-refractivity contribution in [1.29, 1.82) is 0 Å².